The molecule has 0 unspecified atom stereocenters. The van der Waals surface area contributed by atoms with E-state index in [0.29, 0.717) is 21.3 Å². The zero-order chi connectivity index (χ0) is 40.1. The minimum absolute atomic E-state index is 0. The van der Waals surface area contributed by atoms with Crippen LogP contribution in [0.3, 0.4) is 0 Å². The van der Waals surface area contributed by atoms with E-state index < -0.39 is 118 Å². The topological polar surface area (TPSA) is 87.0 Å². The summed E-state index contributed by atoms with van der Waals surface area (Å²) < 4.78 is 235. The van der Waals surface area contributed by atoms with Crippen molar-refractivity contribution >= 4 is 31.1 Å². The van der Waals surface area contributed by atoms with Gasteiger partial charge in [0.05, 0.1) is 37.2 Å². The SMILES string of the molecule is COc1c(F)c(F)c(P(c2c(F)c(F)c(OC)c(F)c2F)c2c(F)c(F)c(OC)c(F)c2F)c(F)c1F.F[B-](F)(F)F.[C-]#[O+].[CH]1[CH][CH][CH][CH]1.[N]=O.[Re]. The third kappa shape index (κ3) is 11.5. The molecule has 0 N–H and O–H groups in total. The summed E-state index contributed by atoms with van der Waals surface area (Å²) in [6, 6.07) is 0. The number of benzene rings is 3. The molecule has 0 aromatic heterocycles. The Morgan fingerprint density at radius 1 is 0.462 bits per heavy atom. The Labute approximate surface area is 297 Å². The number of halogens is 16. The molecule has 1 fully saturated rings. The monoisotopic (exact) mass is 965 g/mol. The number of methoxy groups -OCH3 is 3. The first-order valence-electron chi connectivity index (χ1n) is 12.2. The Bertz CT molecular complexity index is 1430. The molecule has 52 heavy (non-hydrogen) atoms. The molecule has 25 heteroatoms. The maximum atomic E-state index is 15.0. The molecule has 6 nitrogen and oxygen atoms in total. The summed E-state index contributed by atoms with van der Waals surface area (Å²) in [6.45, 7) is 4.50. The van der Waals surface area contributed by atoms with Crippen molar-refractivity contribution < 1.29 is 109 Å². The molecular weight excluding hydrogens is 950 g/mol. The first kappa shape index (κ1) is 50.5. The molecule has 0 saturated heterocycles. The molecular formula is C27H14BF16NO5PRe-. The summed E-state index contributed by atoms with van der Waals surface area (Å²) in [4.78, 5) is 7.25. The fraction of sp³-hybridized carbons (Fsp3) is 0.111. The van der Waals surface area contributed by atoms with E-state index in [1.807, 2.05) is 32.1 Å². The Balaban J connectivity index is 0. The predicted molar refractivity (Wildman–Crippen MR) is 145 cm³/mol. The normalized spacial score (nSPS) is 11.7. The first-order chi connectivity index (χ1) is 23.8. The fourth-order valence-corrected chi connectivity index (χ4v) is 6.02. The second-order valence-corrected chi connectivity index (χ2v) is 10.2. The molecule has 285 valence electrons. The van der Waals surface area contributed by atoms with E-state index in [-0.39, 0.29) is 20.4 Å². The number of ether oxygens (including phenoxy) is 3. The van der Waals surface area contributed by atoms with Gasteiger partial charge in [0, 0.05) is 28.3 Å². The maximum Gasteiger partial charge on any atom is 0.120 e. The Morgan fingerprint density at radius 3 is 0.712 bits per heavy atom. The summed E-state index contributed by atoms with van der Waals surface area (Å²) in [5, 5.41) is -6.81. The van der Waals surface area contributed by atoms with Crippen LogP contribution in [0.4, 0.5) is 69.9 Å². The third-order valence-corrected chi connectivity index (χ3v) is 7.96. The summed E-state index contributed by atoms with van der Waals surface area (Å²) in [6.07, 6.45) is 10.0. The van der Waals surface area contributed by atoms with Gasteiger partial charge in [0.15, 0.2) is 52.2 Å². The van der Waals surface area contributed by atoms with E-state index >= 15 is 0 Å². The van der Waals surface area contributed by atoms with Crippen LogP contribution in [0.2, 0.25) is 0 Å². The number of nitrogens with zero attached hydrogens (tertiary/aromatic N) is 1. The molecule has 0 spiro atoms. The van der Waals surface area contributed by atoms with Gasteiger partial charge in [-0.2, -0.15) is 26.3 Å². The van der Waals surface area contributed by atoms with Crippen LogP contribution in [0.15, 0.2) is 0 Å². The largest absolute Gasteiger partial charge is 0.120 e. The van der Waals surface area contributed by atoms with E-state index in [4.69, 9.17) is 15.2 Å². The van der Waals surface area contributed by atoms with Crippen LogP contribution in [0, 0.1) is 113 Å². The molecule has 1 saturated carbocycles. The van der Waals surface area contributed by atoms with Crippen molar-refractivity contribution in [2.75, 3.05) is 21.3 Å². The van der Waals surface area contributed by atoms with E-state index in [0.717, 1.165) is 0 Å². The molecule has 3 aromatic carbocycles. The van der Waals surface area contributed by atoms with Crippen molar-refractivity contribution in [1.29, 1.82) is 0 Å². The second kappa shape index (κ2) is 22.5. The van der Waals surface area contributed by atoms with Crippen LogP contribution in [0.25, 0.3) is 0 Å². The first-order valence-corrected chi connectivity index (χ1v) is 13.5. The number of rotatable bonds is 6. The number of hydrogen-bond donors (Lipinski definition) is 0. The summed E-state index contributed by atoms with van der Waals surface area (Å²) in [7, 11) is -8.98. The molecule has 0 amide bonds. The zero-order valence-corrected chi connectivity index (χ0v) is 28.9. The van der Waals surface area contributed by atoms with Crippen molar-refractivity contribution in [3.05, 3.63) is 113 Å². The summed E-state index contributed by atoms with van der Waals surface area (Å²) in [5.74, 6) is -35.5. The third-order valence-electron chi connectivity index (χ3n) is 5.44. The second-order valence-electron chi connectivity index (χ2n) is 8.21. The van der Waals surface area contributed by atoms with Gasteiger partial charge in [0.25, 0.3) is 0 Å². The van der Waals surface area contributed by atoms with Gasteiger partial charge in [0.1, 0.15) is 5.59 Å². The van der Waals surface area contributed by atoms with Gasteiger partial charge in [-0.3, -0.25) is 0 Å². The van der Waals surface area contributed by atoms with Crippen LogP contribution >= 0.6 is 7.92 Å². The average Bonchev–Trinajstić information content (AvgIpc) is 3.68. The fourth-order valence-electron chi connectivity index (χ4n) is 3.58. The van der Waals surface area contributed by atoms with Crippen molar-refractivity contribution in [2.45, 2.75) is 0 Å². The van der Waals surface area contributed by atoms with Crippen LogP contribution < -0.4 is 35.7 Å². The molecule has 0 atom stereocenters. The minimum Gasteiger partial charge on any atom is -0.120 e. The van der Waals surface area contributed by atoms with Crippen LogP contribution in [-0.4, -0.2) is 28.6 Å². The van der Waals surface area contributed by atoms with Gasteiger partial charge >= 0.3 is 18.6 Å². The molecule has 4 rings (SSSR count). The van der Waals surface area contributed by atoms with Gasteiger partial charge in [0.2, 0.25) is 34.9 Å². The van der Waals surface area contributed by atoms with Crippen LogP contribution in [0.1, 0.15) is 0 Å². The van der Waals surface area contributed by atoms with Gasteiger partial charge in [-0.15, -0.1) is 4.91 Å². The van der Waals surface area contributed by atoms with Gasteiger partial charge in [-0.05, 0) is 32.1 Å². The quantitative estimate of drug-likeness (QED) is 0.0668. The van der Waals surface area contributed by atoms with Crippen molar-refractivity contribution in [1.82, 2.24) is 5.59 Å². The molecule has 3 aromatic rings. The molecule has 0 aliphatic heterocycles. The molecule has 1 aliphatic carbocycles. The number of hydrogen-bond acceptors (Lipinski definition) is 4. The van der Waals surface area contributed by atoms with E-state index in [1.165, 1.54) is 0 Å². The van der Waals surface area contributed by atoms with Crippen LogP contribution in [-0.2, 0) is 25.1 Å². The minimum atomic E-state index is -6.00. The van der Waals surface area contributed by atoms with Crippen molar-refractivity contribution in [3.8, 4) is 17.2 Å². The average molecular weight is 964 g/mol. The van der Waals surface area contributed by atoms with Crippen molar-refractivity contribution in [2.24, 2.45) is 0 Å². The Hall–Kier alpha value is -3.56. The molecule has 7 radical (unpaired) electrons. The molecule has 0 heterocycles. The standard InChI is InChI=1S/C21H9F12O3P.C5H5.CO.BF4.NO.Re/c1-34-16-4(22)10(28)19(11(29)5(16)23)37(20-12(30)6(24)17(35-2)7(25)13(20)31)21-14(32)8(26)18(36-3)9(27)15(21)33;1-2-4-5-3-1;1-2;2-1(3,4)5;1-2;/h1-3H3;1-5H;;;;/q;;;-1;;. The van der Waals surface area contributed by atoms with Gasteiger partial charge in [-0.1, -0.05) is 0 Å². The Kier molecular flexibility index (Phi) is 21.9. The number of nitroso groups, excluding NO2 is 1. The van der Waals surface area contributed by atoms with E-state index in [1.54, 1.807) is 0 Å². The van der Waals surface area contributed by atoms with Gasteiger partial charge in [-0.25, -0.2) is 26.3 Å². The van der Waals surface area contributed by atoms with E-state index in [2.05, 4.69) is 20.9 Å². The Morgan fingerprint density at radius 2 is 0.596 bits per heavy atom. The summed E-state index contributed by atoms with van der Waals surface area (Å²) in [5.41, 5.74) is 5.75. The zero-order valence-electron chi connectivity index (χ0n) is 25.3. The van der Waals surface area contributed by atoms with Crippen molar-refractivity contribution in [3.63, 3.8) is 0 Å². The maximum absolute atomic E-state index is 15.0. The van der Waals surface area contributed by atoms with Crippen LogP contribution in [0.5, 0.6) is 17.2 Å². The van der Waals surface area contributed by atoms with E-state index in [9.17, 15) is 69.9 Å². The summed E-state index contributed by atoms with van der Waals surface area (Å²) >= 11 is 0. The molecule has 0 bridgehead atoms. The van der Waals surface area contributed by atoms with Gasteiger partial charge < -0.3 is 31.5 Å². The molecule has 1 aliphatic rings. The predicted octanol–water partition coefficient (Wildman–Crippen LogP) is 6.97. The smallest absolute Gasteiger partial charge is 0.120 e.